The number of anilines is 1. The van der Waals surface area contributed by atoms with Gasteiger partial charge in [0.15, 0.2) is 0 Å². The van der Waals surface area contributed by atoms with E-state index in [0.29, 0.717) is 10.6 Å². The fourth-order valence-electron chi connectivity index (χ4n) is 2.21. The molecule has 100 valence electrons. The van der Waals surface area contributed by atoms with Crippen molar-refractivity contribution >= 4 is 17.4 Å². The van der Waals surface area contributed by atoms with Gasteiger partial charge in [0.25, 0.3) is 0 Å². The van der Waals surface area contributed by atoms with E-state index in [1.165, 1.54) is 6.42 Å². The smallest absolute Gasteiger partial charge is 0.137 e. The second kappa shape index (κ2) is 4.37. The fraction of sp³-hybridized carbons (Fsp3) is 0.714. The molecule has 1 aromatic rings. The molecular formula is C14H22ClN3. The van der Waals surface area contributed by atoms with Crippen molar-refractivity contribution in [3.05, 3.63) is 17.0 Å². The maximum absolute atomic E-state index is 6.13. The number of rotatable bonds is 1. The van der Waals surface area contributed by atoms with E-state index in [9.17, 15) is 0 Å². The average molecular weight is 268 g/mol. The van der Waals surface area contributed by atoms with Crippen molar-refractivity contribution in [3.8, 4) is 0 Å². The number of aromatic nitrogens is 2. The van der Waals surface area contributed by atoms with Gasteiger partial charge in [-0.2, -0.15) is 0 Å². The first-order chi connectivity index (χ1) is 8.17. The van der Waals surface area contributed by atoms with Crippen LogP contribution in [0, 0.1) is 5.41 Å². The molecule has 2 rings (SSSR count). The van der Waals surface area contributed by atoms with E-state index in [0.717, 1.165) is 24.7 Å². The van der Waals surface area contributed by atoms with Crippen molar-refractivity contribution in [1.82, 2.24) is 9.97 Å². The Morgan fingerprint density at radius 1 is 1.28 bits per heavy atom. The summed E-state index contributed by atoms with van der Waals surface area (Å²) in [4.78, 5) is 11.3. The molecule has 1 saturated heterocycles. The topological polar surface area (TPSA) is 29.0 Å². The zero-order valence-electron chi connectivity index (χ0n) is 11.9. The lowest BCUT2D eigenvalue weighted by Gasteiger charge is -2.23. The Labute approximate surface area is 115 Å². The van der Waals surface area contributed by atoms with Crippen molar-refractivity contribution in [1.29, 1.82) is 0 Å². The normalized spacial score (nSPS) is 19.3. The Bertz CT molecular complexity index is 449. The van der Waals surface area contributed by atoms with E-state index in [1.807, 2.05) is 6.07 Å². The molecule has 2 heterocycles. The van der Waals surface area contributed by atoms with Crippen LogP contribution in [0.5, 0.6) is 0 Å². The highest BCUT2D eigenvalue weighted by molar-refractivity contribution is 6.29. The van der Waals surface area contributed by atoms with Crippen LogP contribution >= 0.6 is 11.6 Å². The van der Waals surface area contributed by atoms with Gasteiger partial charge in [-0.05, 0) is 11.8 Å². The van der Waals surface area contributed by atoms with Crippen LogP contribution in [0.25, 0.3) is 0 Å². The van der Waals surface area contributed by atoms with Gasteiger partial charge in [0.1, 0.15) is 16.8 Å². The summed E-state index contributed by atoms with van der Waals surface area (Å²) in [5, 5.41) is 0.537. The molecule has 0 spiro atoms. The van der Waals surface area contributed by atoms with Crippen LogP contribution in [0.1, 0.15) is 46.9 Å². The summed E-state index contributed by atoms with van der Waals surface area (Å²) in [5.41, 5.74) is 0.286. The predicted molar refractivity (Wildman–Crippen MR) is 76.4 cm³/mol. The van der Waals surface area contributed by atoms with E-state index in [-0.39, 0.29) is 5.41 Å². The van der Waals surface area contributed by atoms with Crippen LogP contribution in [0.4, 0.5) is 5.82 Å². The second-order valence-corrected chi connectivity index (χ2v) is 7.35. The summed E-state index contributed by atoms with van der Waals surface area (Å²) in [6.45, 7) is 13.0. The monoisotopic (exact) mass is 267 g/mol. The first kappa shape index (κ1) is 13.6. The molecule has 0 aliphatic carbocycles. The summed E-state index contributed by atoms with van der Waals surface area (Å²) in [6.07, 6.45) is 1.19. The first-order valence-corrected chi connectivity index (χ1v) is 6.85. The Kier molecular flexibility index (Phi) is 3.30. The molecule has 0 bridgehead atoms. The maximum Gasteiger partial charge on any atom is 0.137 e. The Morgan fingerprint density at radius 3 is 2.44 bits per heavy atom. The number of hydrogen-bond acceptors (Lipinski definition) is 3. The molecule has 0 amide bonds. The minimum Gasteiger partial charge on any atom is -0.356 e. The van der Waals surface area contributed by atoms with Crippen molar-refractivity contribution in [2.24, 2.45) is 5.41 Å². The van der Waals surface area contributed by atoms with Crippen LogP contribution in [0.2, 0.25) is 5.15 Å². The molecule has 1 aromatic heterocycles. The fourth-order valence-corrected chi connectivity index (χ4v) is 2.39. The molecule has 0 N–H and O–H groups in total. The predicted octanol–water partition coefficient (Wildman–Crippen LogP) is 3.66. The summed E-state index contributed by atoms with van der Waals surface area (Å²) in [6, 6.07) is 1.87. The van der Waals surface area contributed by atoms with Gasteiger partial charge in [-0.3, -0.25) is 0 Å². The van der Waals surface area contributed by atoms with E-state index >= 15 is 0 Å². The lowest BCUT2D eigenvalue weighted by Crippen LogP contribution is -2.25. The van der Waals surface area contributed by atoms with Crippen LogP contribution in [-0.4, -0.2) is 23.1 Å². The highest BCUT2D eigenvalue weighted by Crippen LogP contribution is 2.33. The van der Waals surface area contributed by atoms with Gasteiger partial charge < -0.3 is 4.90 Å². The maximum atomic E-state index is 6.13. The zero-order valence-corrected chi connectivity index (χ0v) is 12.7. The zero-order chi connectivity index (χ0) is 13.6. The lowest BCUT2D eigenvalue weighted by atomic mass is 9.93. The van der Waals surface area contributed by atoms with Crippen LogP contribution in [0.3, 0.4) is 0 Å². The summed E-state index contributed by atoms with van der Waals surface area (Å²) in [7, 11) is 0. The van der Waals surface area contributed by atoms with Crippen LogP contribution in [-0.2, 0) is 5.41 Å². The summed E-state index contributed by atoms with van der Waals surface area (Å²) < 4.78 is 0. The minimum absolute atomic E-state index is 0.0745. The molecule has 1 fully saturated rings. The molecule has 0 aromatic carbocycles. The average Bonchev–Trinajstić information content (AvgIpc) is 2.56. The van der Waals surface area contributed by atoms with E-state index in [4.69, 9.17) is 11.6 Å². The molecule has 3 nitrogen and oxygen atoms in total. The van der Waals surface area contributed by atoms with Gasteiger partial charge >= 0.3 is 0 Å². The SMILES string of the molecule is CC1(C)CCN(c2cc(Cl)nc(C(C)(C)C)n2)C1. The van der Waals surface area contributed by atoms with Gasteiger partial charge in [0.05, 0.1) is 0 Å². The van der Waals surface area contributed by atoms with Crippen molar-refractivity contribution < 1.29 is 0 Å². The first-order valence-electron chi connectivity index (χ1n) is 6.47. The summed E-state index contributed by atoms with van der Waals surface area (Å²) in [5.74, 6) is 1.78. The third-order valence-electron chi connectivity index (χ3n) is 3.35. The van der Waals surface area contributed by atoms with Crippen molar-refractivity contribution in [2.45, 2.75) is 46.5 Å². The van der Waals surface area contributed by atoms with Crippen molar-refractivity contribution in [2.75, 3.05) is 18.0 Å². The second-order valence-electron chi connectivity index (χ2n) is 6.96. The number of halogens is 1. The molecular weight excluding hydrogens is 246 g/mol. The Hall–Kier alpha value is -0.830. The van der Waals surface area contributed by atoms with E-state index in [2.05, 4.69) is 49.5 Å². The van der Waals surface area contributed by atoms with Gasteiger partial charge in [-0.1, -0.05) is 46.2 Å². The Morgan fingerprint density at radius 2 is 1.94 bits per heavy atom. The number of nitrogens with zero attached hydrogens (tertiary/aromatic N) is 3. The lowest BCUT2D eigenvalue weighted by molar-refractivity contribution is 0.418. The largest absolute Gasteiger partial charge is 0.356 e. The molecule has 0 radical (unpaired) electrons. The number of hydrogen-bond donors (Lipinski definition) is 0. The minimum atomic E-state index is -0.0745. The van der Waals surface area contributed by atoms with Crippen LogP contribution < -0.4 is 4.90 Å². The molecule has 1 aliphatic rings. The summed E-state index contributed by atoms with van der Waals surface area (Å²) >= 11 is 6.13. The quantitative estimate of drug-likeness (QED) is 0.727. The molecule has 1 aliphatic heterocycles. The standard InChI is InChI=1S/C14H22ClN3/c1-13(2,3)12-16-10(15)8-11(17-12)18-7-6-14(4,5)9-18/h8H,6-7,9H2,1-5H3. The highest BCUT2D eigenvalue weighted by Gasteiger charge is 2.31. The van der Waals surface area contributed by atoms with Gasteiger partial charge in [-0.15, -0.1) is 0 Å². The van der Waals surface area contributed by atoms with Crippen molar-refractivity contribution in [3.63, 3.8) is 0 Å². The third-order valence-corrected chi connectivity index (χ3v) is 3.55. The molecule has 0 unspecified atom stereocenters. The third kappa shape index (κ3) is 2.94. The van der Waals surface area contributed by atoms with Gasteiger partial charge in [-0.25, -0.2) is 9.97 Å². The van der Waals surface area contributed by atoms with Gasteiger partial charge in [0, 0.05) is 24.6 Å². The van der Waals surface area contributed by atoms with E-state index < -0.39 is 0 Å². The van der Waals surface area contributed by atoms with Crippen LogP contribution in [0.15, 0.2) is 6.07 Å². The molecule has 18 heavy (non-hydrogen) atoms. The molecule has 0 atom stereocenters. The highest BCUT2D eigenvalue weighted by atomic mass is 35.5. The molecule has 0 saturated carbocycles. The molecule has 4 heteroatoms. The van der Waals surface area contributed by atoms with E-state index in [1.54, 1.807) is 0 Å². The Balaban J connectivity index is 2.32. The van der Waals surface area contributed by atoms with Gasteiger partial charge in [0.2, 0.25) is 0 Å².